The minimum absolute atomic E-state index is 0.167. The molecule has 232 valence electrons. The number of aromatic nitrogens is 1. The number of thiol groups is 1. The lowest BCUT2D eigenvalue weighted by Gasteiger charge is -1.94. The Morgan fingerprint density at radius 3 is 1.62 bits per heavy atom. The van der Waals surface area contributed by atoms with Crippen molar-refractivity contribution in [2.24, 2.45) is 5.92 Å². The van der Waals surface area contributed by atoms with E-state index in [0.717, 1.165) is 37.4 Å². The first kappa shape index (κ1) is 44.9. The number of hydrogen-bond donors (Lipinski definition) is 4. The normalized spacial score (nSPS) is 9.03. The molecule has 5 heteroatoms. The van der Waals surface area contributed by atoms with Crippen LogP contribution in [0.25, 0.3) is 10.9 Å². The van der Waals surface area contributed by atoms with E-state index in [-0.39, 0.29) is 18.5 Å². The Kier molecular flexibility index (Phi) is 37.2. The summed E-state index contributed by atoms with van der Waals surface area (Å²) in [4.78, 5) is 13.3. The van der Waals surface area contributed by atoms with Crippen LogP contribution in [0.1, 0.15) is 106 Å². The molecule has 0 radical (unpaired) electrons. The lowest BCUT2D eigenvalue weighted by Crippen LogP contribution is -1.85. The first-order chi connectivity index (χ1) is 18.8. The van der Waals surface area contributed by atoms with Crippen LogP contribution in [-0.4, -0.2) is 39.4 Å². The van der Waals surface area contributed by atoms with Gasteiger partial charge < -0.3 is 20.0 Å². The average molecular weight is 578 g/mol. The summed E-state index contributed by atoms with van der Waals surface area (Å²) in [6, 6.07) is 17.1. The number of aryl methyl sites for hydroxylation is 3. The zero-order valence-electron chi connectivity index (χ0n) is 27.8. The number of rotatable bonds is 4. The topological polar surface area (TPSA) is 73.3 Å². The Balaban J connectivity index is -0.000000203. The molecule has 0 amide bonds. The molecular weight excluding hydrogens is 514 g/mol. The van der Waals surface area contributed by atoms with Gasteiger partial charge in [0.05, 0.1) is 0 Å². The maximum absolute atomic E-state index is 10.0. The number of hydrogen-bond acceptors (Lipinski definition) is 4. The van der Waals surface area contributed by atoms with Crippen molar-refractivity contribution in [2.75, 3.05) is 12.4 Å². The third-order valence-corrected chi connectivity index (χ3v) is 4.19. The zero-order valence-corrected chi connectivity index (χ0v) is 28.7. The fraction of sp³-hybridized carbons (Fsp3) is 0.571. The van der Waals surface area contributed by atoms with Crippen LogP contribution in [-0.2, 0) is 17.6 Å². The lowest BCUT2D eigenvalue weighted by atomic mass is 10.1. The maximum Gasteiger partial charge on any atom is 0.129 e. The molecule has 3 aromatic rings. The number of aromatic amines is 1. The van der Waals surface area contributed by atoms with Gasteiger partial charge in [0.1, 0.15) is 5.78 Å². The molecule has 0 saturated heterocycles. The van der Waals surface area contributed by atoms with Crippen LogP contribution in [0.3, 0.4) is 0 Å². The third kappa shape index (κ3) is 35.9. The van der Waals surface area contributed by atoms with Crippen LogP contribution < -0.4 is 0 Å². The van der Waals surface area contributed by atoms with Crippen LogP contribution in [0.2, 0.25) is 0 Å². The summed E-state index contributed by atoms with van der Waals surface area (Å²) in [7, 11) is 0. The van der Waals surface area contributed by atoms with Gasteiger partial charge in [-0.3, -0.25) is 0 Å². The first-order valence-electron chi connectivity index (χ1n) is 14.8. The van der Waals surface area contributed by atoms with Gasteiger partial charge in [-0.1, -0.05) is 96.5 Å². The number of H-pyrrole nitrogens is 1. The monoisotopic (exact) mass is 577 g/mol. The molecule has 1 aromatic heterocycles. The minimum atomic E-state index is -0.167. The second-order valence-corrected chi connectivity index (χ2v) is 10.6. The molecule has 0 aliphatic rings. The number of nitrogens with one attached hydrogen (secondary N) is 1. The second kappa shape index (κ2) is 33.1. The Morgan fingerprint density at radius 1 is 0.875 bits per heavy atom. The van der Waals surface area contributed by atoms with E-state index in [0.29, 0.717) is 0 Å². The quantitative estimate of drug-likeness (QED) is 0.233. The number of carbonyl (C=O) groups excluding carboxylic acids is 1. The third-order valence-electron chi connectivity index (χ3n) is 4.19. The molecule has 3 rings (SSSR count). The van der Waals surface area contributed by atoms with E-state index in [2.05, 4.69) is 114 Å². The highest BCUT2D eigenvalue weighted by atomic mass is 32.1. The van der Waals surface area contributed by atoms with Crippen LogP contribution >= 0.6 is 12.6 Å². The molecule has 0 bridgehead atoms. The lowest BCUT2D eigenvalue weighted by molar-refractivity contribution is -0.117. The smallest absolute Gasteiger partial charge is 0.129 e. The molecule has 0 fully saturated rings. The number of aliphatic hydroxyl groups is 2. The molecule has 0 unspecified atom stereocenters. The highest BCUT2D eigenvalue weighted by molar-refractivity contribution is 7.80. The van der Waals surface area contributed by atoms with E-state index < -0.39 is 0 Å². The largest absolute Gasteiger partial charge is 0.397 e. The van der Waals surface area contributed by atoms with Crippen molar-refractivity contribution in [1.29, 1.82) is 0 Å². The molecule has 4 nitrogen and oxygen atoms in total. The number of fused-ring (bicyclic) bond motifs is 1. The first-order valence-corrected chi connectivity index (χ1v) is 15.4. The number of ketones is 1. The van der Waals surface area contributed by atoms with Gasteiger partial charge in [-0.2, -0.15) is 12.6 Å². The van der Waals surface area contributed by atoms with Crippen molar-refractivity contribution < 1.29 is 15.0 Å². The van der Waals surface area contributed by atoms with Gasteiger partial charge in [-0.25, -0.2) is 0 Å². The van der Waals surface area contributed by atoms with E-state index in [1.54, 1.807) is 27.7 Å². The summed E-state index contributed by atoms with van der Waals surface area (Å²) in [5, 5.41) is 17.0. The van der Waals surface area contributed by atoms with Crippen LogP contribution in [0.5, 0.6) is 0 Å². The van der Waals surface area contributed by atoms with Crippen LogP contribution in [0.4, 0.5) is 0 Å². The summed E-state index contributed by atoms with van der Waals surface area (Å²) >= 11 is 3.79. The fourth-order valence-electron chi connectivity index (χ4n) is 2.60. The van der Waals surface area contributed by atoms with Gasteiger partial charge in [-0.15, -0.1) is 0 Å². The fourth-order valence-corrected chi connectivity index (χ4v) is 2.60. The van der Waals surface area contributed by atoms with E-state index >= 15 is 0 Å². The predicted molar refractivity (Wildman–Crippen MR) is 184 cm³/mol. The number of para-hydroxylation sites is 1. The van der Waals surface area contributed by atoms with Crippen molar-refractivity contribution in [1.82, 2.24) is 4.98 Å². The second-order valence-electron chi connectivity index (χ2n) is 9.96. The maximum atomic E-state index is 10.0. The van der Waals surface area contributed by atoms with Crippen molar-refractivity contribution >= 4 is 29.3 Å². The van der Waals surface area contributed by atoms with Gasteiger partial charge >= 0.3 is 0 Å². The van der Waals surface area contributed by atoms with Gasteiger partial charge in [0.15, 0.2) is 0 Å². The molecule has 3 N–H and O–H groups in total. The van der Waals surface area contributed by atoms with E-state index in [1.807, 2.05) is 13.8 Å². The predicted octanol–water partition coefficient (Wildman–Crippen LogP) is 9.65. The number of benzene rings is 2. The van der Waals surface area contributed by atoms with Gasteiger partial charge in [-0.05, 0) is 82.7 Å². The molecule has 0 atom stereocenters. The van der Waals surface area contributed by atoms with Crippen LogP contribution in [0, 0.1) is 12.8 Å². The average Bonchev–Trinajstić information content (AvgIpc) is 3.29. The molecule has 0 aliphatic heterocycles. The van der Waals surface area contributed by atoms with Gasteiger partial charge in [0.2, 0.25) is 0 Å². The summed E-state index contributed by atoms with van der Waals surface area (Å²) in [5.41, 5.74) is 5.40. The Labute approximate surface area is 253 Å². The number of Topliss-reactive ketones (excluding diaryl/α,β-unsaturated/α-hetero) is 1. The van der Waals surface area contributed by atoms with Gasteiger partial charge in [0, 0.05) is 36.2 Å². The highest BCUT2D eigenvalue weighted by Gasteiger charge is 1.98. The van der Waals surface area contributed by atoms with Crippen molar-refractivity contribution in [3.63, 3.8) is 0 Å². The molecule has 40 heavy (non-hydrogen) atoms. The van der Waals surface area contributed by atoms with E-state index in [9.17, 15) is 4.79 Å². The van der Waals surface area contributed by atoms with Gasteiger partial charge in [0.25, 0.3) is 0 Å². The summed E-state index contributed by atoms with van der Waals surface area (Å²) in [6.45, 7) is 23.9. The summed E-state index contributed by atoms with van der Waals surface area (Å²) in [6.07, 6.45) is 5.88. The Bertz CT molecular complexity index is 889. The SMILES string of the molecule is CC(C)C.CC(C)O.CCCC(C)=O.CCO.CCS.CCc1c[nH]c2ccccc12.CCc1ccc(C)cc1. The van der Waals surface area contributed by atoms with Crippen LogP contribution in [0.15, 0.2) is 54.7 Å². The Hall–Kier alpha value is -2.08. The number of carbonyl (C=O) groups is 1. The summed E-state index contributed by atoms with van der Waals surface area (Å²) in [5.74, 6) is 2.07. The number of aliphatic hydroxyl groups excluding tert-OH is 2. The molecule has 1 heterocycles. The molecular formula is C35H63NO3S. The van der Waals surface area contributed by atoms with Crippen molar-refractivity contribution in [3.8, 4) is 0 Å². The van der Waals surface area contributed by atoms with Crippen molar-refractivity contribution in [2.45, 2.75) is 115 Å². The van der Waals surface area contributed by atoms with E-state index in [4.69, 9.17) is 10.2 Å². The molecule has 0 saturated carbocycles. The minimum Gasteiger partial charge on any atom is -0.397 e. The zero-order chi connectivity index (χ0) is 31.9. The van der Waals surface area contributed by atoms with E-state index in [1.165, 1.54) is 27.6 Å². The molecule has 0 aliphatic carbocycles. The highest BCUT2D eigenvalue weighted by Crippen LogP contribution is 2.17. The molecule has 0 spiro atoms. The Morgan fingerprint density at radius 2 is 1.30 bits per heavy atom. The van der Waals surface area contributed by atoms with Crippen molar-refractivity contribution in [3.05, 3.63) is 71.4 Å². The summed E-state index contributed by atoms with van der Waals surface area (Å²) < 4.78 is 0. The molecule has 2 aromatic carbocycles. The standard InChI is InChI=1S/C10H11N.C9H12.C5H10O.C4H10.C3H8O.C2H6O.C2H6S/c1-2-8-7-11-10-6-4-3-5-9(8)10;1-3-9-6-4-8(2)5-7-9;1-3-4-5(2)6;1-4(2)3;1-3(2)4;2*1-2-3/h3-7,11H,2H2,1H3;4-7H,3H2,1-2H3;3-4H2,1-2H3;4H,1-3H3;3-4H,1-2H3;2*3H,2H2,1H3.